The van der Waals surface area contributed by atoms with E-state index in [0.717, 1.165) is 46.6 Å². The lowest BCUT2D eigenvalue weighted by Gasteiger charge is -2.30. The fourth-order valence-electron chi connectivity index (χ4n) is 6.40. The van der Waals surface area contributed by atoms with Gasteiger partial charge in [-0.2, -0.15) is 10.2 Å². The van der Waals surface area contributed by atoms with Gasteiger partial charge in [-0.05, 0) is 84.5 Å². The summed E-state index contributed by atoms with van der Waals surface area (Å²) in [5.41, 5.74) is 3.63. The largest absolute Gasteiger partial charge is 0.271 e. The molecule has 4 aliphatic rings. The van der Waals surface area contributed by atoms with Crippen LogP contribution < -0.4 is 4.90 Å². The zero-order valence-corrected chi connectivity index (χ0v) is 24.8. The van der Waals surface area contributed by atoms with Crippen molar-refractivity contribution >= 4 is 51.1 Å². The van der Waals surface area contributed by atoms with Crippen LogP contribution in [0.15, 0.2) is 98.3 Å². The van der Waals surface area contributed by atoms with Gasteiger partial charge < -0.3 is 0 Å². The molecule has 9 nitrogen and oxygen atoms in total. The van der Waals surface area contributed by atoms with Gasteiger partial charge in [0.1, 0.15) is 18.2 Å². The zero-order valence-electron chi connectivity index (χ0n) is 23.2. The summed E-state index contributed by atoms with van der Waals surface area (Å²) in [5, 5.41) is 15.6. The summed E-state index contributed by atoms with van der Waals surface area (Å²) in [6, 6.07) is 16.4. The van der Waals surface area contributed by atoms with E-state index in [4.69, 9.17) is 5.10 Å². The molecular weight excluding hydrogens is 634 g/mol. The minimum atomic E-state index is -1.06. The highest BCUT2D eigenvalue weighted by atomic mass is 79.9. The van der Waals surface area contributed by atoms with Crippen molar-refractivity contribution in [2.75, 3.05) is 11.4 Å². The predicted octanol–water partition coefficient (Wildman–Crippen LogP) is 5.84. The van der Waals surface area contributed by atoms with Crippen molar-refractivity contribution in [1.29, 1.82) is 0 Å². The Kier molecular flexibility index (Phi) is 7.16. The molecule has 3 aromatic rings. The molecule has 3 aromatic carbocycles. The Hall–Kier alpha value is -4.58. The molecule has 3 aliphatic heterocycles. The molecule has 0 N–H and O–H groups in total. The van der Waals surface area contributed by atoms with Gasteiger partial charge in [-0.25, -0.2) is 18.7 Å². The summed E-state index contributed by atoms with van der Waals surface area (Å²) in [5.74, 6) is -2.35. The Bertz CT molecular complexity index is 1760. The number of anilines is 1. The molecule has 0 spiro atoms. The van der Waals surface area contributed by atoms with E-state index in [1.807, 2.05) is 6.08 Å². The van der Waals surface area contributed by atoms with Crippen molar-refractivity contribution < 1.29 is 23.2 Å². The molecule has 3 heterocycles. The number of allylic oxidation sites excluding steroid dienone is 1. The van der Waals surface area contributed by atoms with Crippen LogP contribution in [-0.2, 0) is 14.4 Å². The van der Waals surface area contributed by atoms with Gasteiger partial charge in [0.05, 0.1) is 17.4 Å². The van der Waals surface area contributed by atoms with Crippen LogP contribution in [0.1, 0.15) is 36.4 Å². The first-order valence-corrected chi connectivity index (χ1v) is 15.0. The summed E-state index contributed by atoms with van der Waals surface area (Å²) in [4.78, 5) is 41.7. The van der Waals surface area contributed by atoms with Gasteiger partial charge in [0.2, 0.25) is 0 Å². The lowest BCUT2D eigenvalue weighted by molar-refractivity contribution is -0.136. The van der Waals surface area contributed by atoms with Gasteiger partial charge in [0.25, 0.3) is 17.7 Å². The highest BCUT2D eigenvalue weighted by molar-refractivity contribution is 9.10. The van der Waals surface area contributed by atoms with Crippen molar-refractivity contribution in [3.8, 4) is 0 Å². The quantitative estimate of drug-likeness (QED) is 0.322. The van der Waals surface area contributed by atoms with Crippen LogP contribution in [-0.4, -0.2) is 52.1 Å². The van der Waals surface area contributed by atoms with Crippen LogP contribution in [0.3, 0.4) is 0 Å². The van der Waals surface area contributed by atoms with E-state index in [0.29, 0.717) is 10.2 Å². The Labute approximate surface area is 259 Å². The van der Waals surface area contributed by atoms with Crippen molar-refractivity contribution in [2.24, 2.45) is 21.4 Å². The minimum Gasteiger partial charge on any atom is -0.271 e. The summed E-state index contributed by atoms with van der Waals surface area (Å²) in [6.07, 6.45) is 4.30. The second kappa shape index (κ2) is 11.2. The third kappa shape index (κ3) is 4.92. The first-order chi connectivity index (χ1) is 21.3. The molecule has 2 fully saturated rings. The standard InChI is InChI=1S/C32H25BrF2N6O3/c33-21-4-2-5-24(16-21)40-31(43)28-30(32(40)44)39(38-36-28)17-26(42)41-29(19-9-13-23(35)14-10-19)25-6-1-3-20(27(25)37-41)15-18-7-11-22(34)12-8-18/h2,4-5,7-16,25,28-30H,1,3,6,17H2/b20-15+/t25-,28+,29-,30-/m0/s1. The van der Waals surface area contributed by atoms with E-state index in [9.17, 15) is 23.2 Å². The summed E-state index contributed by atoms with van der Waals surface area (Å²) < 4.78 is 28.1. The van der Waals surface area contributed by atoms with Crippen LogP contribution in [0.5, 0.6) is 0 Å². The number of hydrogen-bond acceptors (Lipinski definition) is 7. The second-order valence-electron chi connectivity index (χ2n) is 11.1. The monoisotopic (exact) mass is 658 g/mol. The molecule has 7 rings (SSSR count). The highest BCUT2D eigenvalue weighted by Gasteiger charge is 2.55. The number of halogens is 3. The van der Waals surface area contributed by atoms with Crippen LogP contribution in [0.25, 0.3) is 6.08 Å². The summed E-state index contributed by atoms with van der Waals surface area (Å²) in [7, 11) is 0. The number of carbonyl (C=O) groups is 3. The highest BCUT2D eigenvalue weighted by Crippen LogP contribution is 2.45. The Morgan fingerprint density at radius 2 is 1.68 bits per heavy atom. The molecule has 222 valence electrons. The van der Waals surface area contributed by atoms with E-state index in [1.165, 1.54) is 34.3 Å². The van der Waals surface area contributed by atoms with Gasteiger partial charge >= 0.3 is 0 Å². The van der Waals surface area contributed by atoms with Crippen molar-refractivity contribution in [2.45, 2.75) is 37.4 Å². The molecule has 3 amide bonds. The third-order valence-electron chi connectivity index (χ3n) is 8.40. The second-order valence-corrected chi connectivity index (χ2v) is 12.0. The van der Waals surface area contributed by atoms with Crippen LogP contribution in [0.4, 0.5) is 14.5 Å². The number of hydrogen-bond donors (Lipinski definition) is 0. The van der Waals surface area contributed by atoms with E-state index in [2.05, 4.69) is 26.3 Å². The molecule has 0 radical (unpaired) electrons. The lowest BCUT2D eigenvalue weighted by Crippen LogP contribution is -2.45. The maximum atomic E-state index is 14.0. The minimum absolute atomic E-state index is 0.153. The summed E-state index contributed by atoms with van der Waals surface area (Å²) in [6.45, 7) is -0.339. The molecule has 12 heteroatoms. The Morgan fingerprint density at radius 1 is 0.955 bits per heavy atom. The number of imide groups is 1. The number of carbonyl (C=O) groups excluding carboxylic acids is 3. The Balaban J connectivity index is 1.19. The SMILES string of the molecule is O=C1[C@@H]2[C@@H](N=NN2CC(=O)N2N=C3/C(=C/c4ccc(F)cc4)CCC[C@@H]3[C@@H]2c2ccc(F)cc2)C(=O)N1c1cccc(Br)c1. The smallest absolute Gasteiger partial charge is 0.264 e. The number of amides is 3. The molecule has 0 unspecified atom stereocenters. The maximum absolute atomic E-state index is 14.0. The van der Waals surface area contributed by atoms with E-state index in [1.54, 1.807) is 48.5 Å². The molecule has 44 heavy (non-hydrogen) atoms. The maximum Gasteiger partial charge on any atom is 0.264 e. The predicted molar refractivity (Wildman–Crippen MR) is 161 cm³/mol. The van der Waals surface area contributed by atoms with E-state index >= 15 is 0 Å². The zero-order chi connectivity index (χ0) is 30.5. The third-order valence-corrected chi connectivity index (χ3v) is 8.89. The number of rotatable bonds is 5. The van der Waals surface area contributed by atoms with Crippen molar-refractivity contribution in [3.63, 3.8) is 0 Å². The number of fused-ring (bicyclic) bond motifs is 2. The molecule has 0 bridgehead atoms. The van der Waals surface area contributed by atoms with Crippen LogP contribution in [0, 0.1) is 17.6 Å². The van der Waals surface area contributed by atoms with Crippen LogP contribution >= 0.6 is 15.9 Å². The topological polar surface area (TPSA) is 98.0 Å². The number of nitrogens with zero attached hydrogens (tertiary/aromatic N) is 6. The molecule has 1 aliphatic carbocycles. The van der Waals surface area contributed by atoms with Gasteiger partial charge in [-0.1, -0.05) is 51.5 Å². The van der Waals surface area contributed by atoms with E-state index < -0.39 is 41.7 Å². The molecule has 1 saturated heterocycles. The van der Waals surface area contributed by atoms with Crippen molar-refractivity contribution in [3.05, 3.63) is 106 Å². The lowest BCUT2D eigenvalue weighted by atomic mass is 9.77. The molecular formula is C32H25BrF2N6O3. The average Bonchev–Trinajstić information content (AvgIpc) is 3.68. The average molecular weight is 659 g/mol. The molecule has 1 saturated carbocycles. The number of benzene rings is 3. The van der Waals surface area contributed by atoms with Gasteiger partial charge in [0.15, 0.2) is 12.1 Å². The fraction of sp³-hybridized carbons (Fsp3) is 0.250. The fourth-order valence-corrected chi connectivity index (χ4v) is 6.78. The summed E-state index contributed by atoms with van der Waals surface area (Å²) >= 11 is 3.37. The molecule has 4 atom stereocenters. The van der Waals surface area contributed by atoms with Gasteiger partial charge in [-0.3, -0.25) is 19.4 Å². The van der Waals surface area contributed by atoms with Gasteiger partial charge in [-0.15, -0.1) is 0 Å². The first kappa shape index (κ1) is 28.2. The number of hydrazone groups is 1. The normalized spacial score (nSPS) is 25.1. The van der Waals surface area contributed by atoms with E-state index in [-0.39, 0.29) is 18.3 Å². The van der Waals surface area contributed by atoms with Gasteiger partial charge in [0, 0.05) is 10.4 Å². The molecule has 0 aromatic heterocycles. The first-order valence-electron chi connectivity index (χ1n) is 14.2. The Morgan fingerprint density at radius 3 is 2.41 bits per heavy atom. The van der Waals surface area contributed by atoms with Crippen LogP contribution in [0.2, 0.25) is 0 Å². The van der Waals surface area contributed by atoms with Crippen molar-refractivity contribution in [1.82, 2.24) is 10.0 Å².